The SMILES string of the molecule is Fc1cc(Br)ccc1CNCC1CCCC(Cl)C1. The number of hydrogen-bond donors (Lipinski definition) is 1. The monoisotopic (exact) mass is 333 g/mol. The Hall–Kier alpha value is -0.120. The van der Waals surface area contributed by atoms with E-state index < -0.39 is 0 Å². The molecular weight excluding hydrogens is 317 g/mol. The van der Waals surface area contributed by atoms with Crippen LogP contribution in [0.3, 0.4) is 0 Å². The molecule has 0 spiro atoms. The smallest absolute Gasteiger partial charge is 0.128 e. The molecule has 1 aliphatic rings. The minimum Gasteiger partial charge on any atom is -0.312 e. The maximum absolute atomic E-state index is 13.6. The summed E-state index contributed by atoms with van der Waals surface area (Å²) in [6.45, 7) is 1.52. The maximum atomic E-state index is 13.6. The summed E-state index contributed by atoms with van der Waals surface area (Å²) in [4.78, 5) is 0. The molecule has 0 amide bonds. The molecule has 1 aromatic rings. The second-order valence-corrected chi connectivity index (χ2v) is 6.53. The van der Waals surface area contributed by atoms with Gasteiger partial charge in [-0.2, -0.15) is 0 Å². The lowest BCUT2D eigenvalue weighted by molar-refractivity contribution is 0.345. The van der Waals surface area contributed by atoms with Crippen LogP contribution in [0.25, 0.3) is 0 Å². The molecule has 1 fully saturated rings. The molecule has 1 nitrogen and oxygen atoms in total. The van der Waals surface area contributed by atoms with Crippen LogP contribution in [0, 0.1) is 11.7 Å². The molecule has 2 atom stereocenters. The van der Waals surface area contributed by atoms with Gasteiger partial charge >= 0.3 is 0 Å². The van der Waals surface area contributed by atoms with Crippen molar-refractivity contribution in [2.75, 3.05) is 6.54 Å². The average Bonchev–Trinajstić information content (AvgIpc) is 2.32. The summed E-state index contributed by atoms with van der Waals surface area (Å²) in [5, 5.41) is 3.67. The number of benzene rings is 1. The van der Waals surface area contributed by atoms with E-state index in [0.717, 1.165) is 29.4 Å². The minimum atomic E-state index is -0.157. The van der Waals surface area contributed by atoms with Crippen molar-refractivity contribution in [3.8, 4) is 0 Å². The van der Waals surface area contributed by atoms with E-state index in [1.54, 1.807) is 0 Å². The second kappa shape index (κ2) is 6.88. The molecule has 18 heavy (non-hydrogen) atoms. The molecule has 100 valence electrons. The van der Waals surface area contributed by atoms with Gasteiger partial charge in [0.15, 0.2) is 0 Å². The van der Waals surface area contributed by atoms with Crippen LogP contribution >= 0.6 is 27.5 Å². The highest BCUT2D eigenvalue weighted by molar-refractivity contribution is 9.10. The molecule has 0 heterocycles. The lowest BCUT2D eigenvalue weighted by Crippen LogP contribution is -2.27. The first kappa shape index (κ1) is 14.3. The van der Waals surface area contributed by atoms with Gasteiger partial charge in [-0.25, -0.2) is 4.39 Å². The molecule has 4 heteroatoms. The van der Waals surface area contributed by atoms with Crippen molar-refractivity contribution in [3.63, 3.8) is 0 Å². The highest BCUT2D eigenvalue weighted by atomic mass is 79.9. The molecule has 0 aliphatic heterocycles. The summed E-state index contributed by atoms with van der Waals surface area (Å²) in [5.74, 6) is 0.482. The van der Waals surface area contributed by atoms with Gasteiger partial charge in [-0.05, 0) is 43.9 Å². The molecule has 0 radical (unpaired) electrons. The molecule has 1 aliphatic carbocycles. The van der Waals surface area contributed by atoms with E-state index >= 15 is 0 Å². The number of nitrogens with one attached hydrogen (secondary N) is 1. The molecule has 1 saturated carbocycles. The third-order valence-electron chi connectivity index (χ3n) is 3.48. The van der Waals surface area contributed by atoms with Crippen LogP contribution in [0.4, 0.5) is 4.39 Å². The third kappa shape index (κ3) is 4.22. The Morgan fingerprint density at radius 1 is 1.39 bits per heavy atom. The molecule has 0 aromatic heterocycles. The Kier molecular flexibility index (Phi) is 5.46. The molecule has 2 rings (SSSR count). The summed E-state index contributed by atoms with van der Waals surface area (Å²) >= 11 is 9.42. The molecule has 1 aromatic carbocycles. The van der Waals surface area contributed by atoms with Crippen molar-refractivity contribution < 1.29 is 4.39 Å². The van der Waals surface area contributed by atoms with Crippen LogP contribution in [0.2, 0.25) is 0 Å². The molecule has 0 bridgehead atoms. The first-order valence-electron chi connectivity index (χ1n) is 6.44. The van der Waals surface area contributed by atoms with E-state index in [0.29, 0.717) is 17.8 Å². The average molecular weight is 335 g/mol. The summed E-state index contributed by atoms with van der Waals surface area (Å²) in [7, 11) is 0. The van der Waals surface area contributed by atoms with Crippen molar-refractivity contribution in [3.05, 3.63) is 34.1 Å². The number of halogens is 3. The predicted octanol–water partition coefficient (Wildman–Crippen LogP) is 4.48. The zero-order valence-electron chi connectivity index (χ0n) is 10.3. The fourth-order valence-corrected chi connectivity index (χ4v) is 3.23. The van der Waals surface area contributed by atoms with E-state index in [1.165, 1.54) is 18.9 Å². The van der Waals surface area contributed by atoms with Gasteiger partial charge in [0.2, 0.25) is 0 Å². The summed E-state index contributed by atoms with van der Waals surface area (Å²) in [5.41, 5.74) is 0.719. The van der Waals surface area contributed by atoms with Crippen LogP contribution in [-0.2, 0) is 6.54 Å². The van der Waals surface area contributed by atoms with Crippen molar-refractivity contribution in [2.45, 2.75) is 37.6 Å². The predicted molar refractivity (Wildman–Crippen MR) is 77.4 cm³/mol. The van der Waals surface area contributed by atoms with Crippen LogP contribution in [0.5, 0.6) is 0 Å². The molecule has 0 saturated heterocycles. The van der Waals surface area contributed by atoms with Gasteiger partial charge < -0.3 is 5.32 Å². The summed E-state index contributed by atoms with van der Waals surface area (Å²) < 4.78 is 14.4. The summed E-state index contributed by atoms with van der Waals surface area (Å²) in [6, 6.07) is 5.19. The van der Waals surface area contributed by atoms with E-state index in [2.05, 4.69) is 21.2 Å². The Morgan fingerprint density at radius 3 is 2.94 bits per heavy atom. The quantitative estimate of drug-likeness (QED) is 0.801. The molecule has 1 N–H and O–H groups in total. The van der Waals surface area contributed by atoms with Gasteiger partial charge in [-0.3, -0.25) is 0 Å². The van der Waals surface area contributed by atoms with Crippen molar-refractivity contribution >= 4 is 27.5 Å². The van der Waals surface area contributed by atoms with Crippen molar-refractivity contribution in [2.24, 2.45) is 5.92 Å². The van der Waals surface area contributed by atoms with E-state index in [1.807, 2.05) is 12.1 Å². The Balaban J connectivity index is 1.77. The molecule has 2 unspecified atom stereocenters. The number of hydrogen-bond acceptors (Lipinski definition) is 1. The van der Waals surface area contributed by atoms with E-state index in [-0.39, 0.29) is 5.82 Å². The fourth-order valence-electron chi connectivity index (χ4n) is 2.49. The Labute approximate surface area is 121 Å². The second-order valence-electron chi connectivity index (χ2n) is 5.00. The summed E-state index contributed by atoms with van der Waals surface area (Å²) in [6.07, 6.45) is 4.67. The standard InChI is InChI=1S/C14H18BrClFN/c15-12-5-4-11(14(17)7-12)9-18-8-10-2-1-3-13(16)6-10/h4-5,7,10,13,18H,1-3,6,8-9H2. The number of rotatable bonds is 4. The van der Waals surface area contributed by atoms with Crippen LogP contribution in [0.15, 0.2) is 22.7 Å². The third-order valence-corrected chi connectivity index (χ3v) is 4.37. The normalized spacial score (nSPS) is 24.2. The van der Waals surface area contributed by atoms with E-state index in [4.69, 9.17) is 11.6 Å². The largest absolute Gasteiger partial charge is 0.312 e. The van der Waals surface area contributed by atoms with Crippen LogP contribution in [-0.4, -0.2) is 11.9 Å². The topological polar surface area (TPSA) is 12.0 Å². The Bertz CT molecular complexity index is 399. The highest BCUT2D eigenvalue weighted by Gasteiger charge is 2.19. The number of alkyl halides is 1. The van der Waals surface area contributed by atoms with E-state index in [9.17, 15) is 4.39 Å². The Morgan fingerprint density at radius 2 is 2.22 bits per heavy atom. The van der Waals surface area contributed by atoms with Gasteiger partial charge in [0.1, 0.15) is 5.82 Å². The lowest BCUT2D eigenvalue weighted by atomic mass is 9.89. The maximum Gasteiger partial charge on any atom is 0.128 e. The van der Waals surface area contributed by atoms with Gasteiger partial charge in [-0.1, -0.05) is 28.4 Å². The van der Waals surface area contributed by atoms with Crippen molar-refractivity contribution in [1.82, 2.24) is 5.32 Å². The first-order valence-corrected chi connectivity index (χ1v) is 7.67. The van der Waals surface area contributed by atoms with Gasteiger partial charge in [0, 0.05) is 22.0 Å². The van der Waals surface area contributed by atoms with Gasteiger partial charge in [0.25, 0.3) is 0 Å². The van der Waals surface area contributed by atoms with Crippen LogP contribution in [0.1, 0.15) is 31.2 Å². The zero-order valence-corrected chi connectivity index (χ0v) is 12.6. The molecular formula is C14H18BrClFN. The fraction of sp³-hybridized carbons (Fsp3) is 0.571. The van der Waals surface area contributed by atoms with Gasteiger partial charge in [0.05, 0.1) is 0 Å². The van der Waals surface area contributed by atoms with Crippen LogP contribution < -0.4 is 5.32 Å². The highest BCUT2D eigenvalue weighted by Crippen LogP contribution is 2.27. The zero-order chi connectivity index (χ0) is 13.0. The first-order chi connectivity index (χ1) is 8.65. The van der Waals surface area contributed by atoms with Gasteiger partial charge in [-0.15, -0.1) is 11.6 Å². The lowest BCUT2D eigenvalue weighted by Gasteiger charge is -2.25. The van der Waals surface area contributed by atoms with Crippen molar-refractivity contribution in [1.29, 1.82) is 0 Å². The minimum absolute atomic E-state index is 0.157.